The van der Waals surface area contributed by atoms with Crippen molar-refractivity contribution in [1.29, 1.82) is 0 Å². The van der Waals surface area contributed by atoms with E-state index in [1.807, 2.05) is 0 Å². The predicted octanol–water partition coefficient (Wildman–Crippen LogP) is 1.45. The van der Waals surface area contributed by atoms with E-state index < -0.39 is 26.2 Å². The summed E-state index contributed by atoms with van der Waals surface area (Å²) in [6.07, 6.45) is 3.11. The van der Waals surface area contributed by atoms with Gasteiger partial charge in [0.05, 0.1) is 4.92 Å². The fourth-order valence-corrected chi connectivity index (χ4v) is 4.74. The van der Waals surface area contributed by atoms with Crippen LogP contribution >= 0.6 is 0 Å². The molecule has 116 valence electrons. The summed E-state index contributed by atoms with van der Waals surface area (Å²) in [5.74, 6) is 0. The summed E-state index contributed by atoms with van der Waals surface area (Å²) >= 11 is 0. The monoisotopic (exact) mass is 313 g/mol. The van der Waals surface area contributed by atoms with E-state index in [0.29, 0.717) is 18.4 Å². The maximum atomic E-state index is 12.6. The summed E-state index contributed by atoms with van der Waals surface area (Å²) in [6, 6.07) is 4.22. The van der Waals surface area contributed by atoms with E-state index in [-0.39, 0.29) is 11.4 Å². The van der Waals surface area contributed by atoms with Gasteiger partial charge in [0.25, 0.3) is 5.69 Å². The molecule has 0 spiro atoms. The quantitative estimate of drug-likeness (QED) is 0.630. The number of sulfonamides is 1. The van der Waals surface area contributed by atoms with Crippen molar-refractivity contribution < 1.29 is 13.3 Å². The number of nitro groups is 1. The summed E-state index contributed by atoms with van der Waals surface area (Å²) in [7, 11) is -3.99. The van der Waals surface area contributed by atoms with Crippen LogP contribution < -0.4 is 10.5 Å². The van der Waals surface area contributed by atoms with Crippen molar-refractivity contribution >= 4 is 15.7 Å². The highest BCUT2D eigenvalue weighted by Crippen LogP contribution is 2.33. The molecule has 0 unspecified atom stereocenters. The highest BCUT2D eigenvalue weighted by atomic mass is 32.2. The number of hydrogen-bond acceptors (Lipinski definition) is 5. The van der Waals surface area contributed by atoms with Crippen molar-refractivity contribution in [2.45, 2.75) is 43.0 Å². The lowest BCUT2D eigenvalue weighted by Gasteiger charge is -2.28. The number of nitro benzene ring substituents is 1. The number of rotatable bonds is 5. The Bertz CT molecular complexity index is 651. The minimum Gasteiger partial charge on any atom is -0.329 e. The third-order valence-electron chi connectivity index (χ3n) is 3.96. The summed E-state index contributed by atoms with van der Waals surface area (Å²) in [5, 5.41) is 11.1. The van der Waals surface area contributed by atoms with Crippen LogP contribution in [0.3, 0.4) is 0 Å². The maximum Gasteiger partial charge on any atom is 0.289 e. The van der Waals surface area contributed by atoms with Gasteiger partial charge in [-0.15, -0.1) is 0 Å². The van der Waals surface area contributed by atoms with Crippen LogP contribution in [0.15, 0.2) is 23.1 Å². The molecule has 0 aliphatic heterocycles. The van der Waals surface area contributed by atoms with Gasteiger partial charge >= 0.3 is 0 Å². The van der Waals surface area contributed by atoms with Gasteiger partial charge in [-0.05, 0) is 25.3 Å². The Balaban J connectivity index is 2.47. The van der Waals surface area contributed by atoms with Gasteiger partial charge in [-0.2, -0.15) is 0 Å². The molecular formula is C13H19N3O4S. The van der Waals surface area contributed by atoms with Gasteiger partial charge in [0.1, 0.15) is 0 Å². The van der Waals surface area contributed by atoms with Gasteiger partial charge < -0.3 is 5.73 Å². The SMILES string of the molecule is Cc1cccc([N+](=O)[O-])c1S(=O)(=O)NC1(CN)CCCC1. The minimum atomic E-state index is -3.99. The number of nitrogens with two attached hydrogens (primary N) is 1. The van der Waals surface area contributed by atoms with E-state index in [1.165, 1.54) is 12.1 Å². The molecule has 0 atom stereocenters. The van der Waals surface area contributed by atoms with Crippen LogP contribution in [0.2, 0.25) is 0 Å². The molecule has 0 amide bonds. The first-order valence-electron chi connectivity index (χ1n) is 6.79. The zero-order valence-electron chi connectivity index (χ0n) is 11.8. The van der Waals surface area contributed by atoms with Crippen molar-refractivity contribution in [1.82, 2.24) is 4.72 Å². The van der Waals surface area contributed by atoms with Gasteiger partial charge in [-0.25, -0.2) is 13.1 Å². The lowest BCUT2D eigenvalue weighted by atomic mass is 10.0. The van der Waals surface area contributed by atoms with Crippen LogP contribution in [-0.4, -0.2) is 25.4 Å². The highest BCUT2D eigenvalue weighted by molar-refractivity contribution is 7.89. The fraction of sp³-hybridized carbons (Fsp3) is 0.538. The molecule has 0 heterocycles. The Morgan fingerprint density at radius 2 is 2.00 bits per heavy atom. The molecule has 2 rings (SSSR count). The standard InChI is InChI=1S/C13H19N3O4S/c1-10-5-4-6-11(16(17)18)12(10)21(19,20)15-13(9-14)7-2-3-8-13/h4-6,15H,2-3,7-9,14H2,1H3. The van der Waals surface area contributed by atoms with Crippen LogP contribution in [0.4, 0.5) is 5.69 Å². The Morgan fingerprint density at radius 3 is 2.52 bits per heavy atom. The van der Waals surface area contributed by atoms with E-state index in [1.54, 1.807) is 13.0 Å². The molecule has 0 saturated heterocycles. The first kappa shape index (κ1) is 15.9. The molecule has 1 saturated carbocycles. The molecule has 1 aromatic carbocycles. The summed E-state index contributed by atoms with van der Waals surface area (Å²) in [6.45, 7) is 1.73. The number of benzene rings is 1. The molecule has 1 aliphatic carbocycles. The first-order chi connectivity index (χ1) is 9.81. The van der Waals surface area contributed by atoms with Gasteiger partial charge in [0, 0.05) is 18.2 Å². The maximum absolute atomic E-state index is 12.6. The average Bonchev–Trinajstić information content (AvgIpc) is 2.86. The topological polar surface area (TPSA) is 115 Å². The molecule has 0 radical (unpaired) electrons. The van der Waals surface area contributed by atoms with Crippen molar-refractivity contribution in [3.05, 3.63) is 33.9 Å². The predicted molar refractivity (Wildman–Crippen MR) is 78.4 cm³/mol. The smallest absolute Gasteiger partial charge is 0.289 e. The molecule has 21 heavy (non-hydrogen) atoms. The normalized spacial score (nSPS) is 17.8. The molecule has 1 fully saturated rings. The summed E-state index contributed by atoms with van der Waals surface area (Å²) < 4.78 is 27.9. The zero-order chi connectivity index (χ0) is 15.7. The molecule has 7 nitrogen and oxygen atoms in total. The van der Waals surface area contributed by atoms with Gasteiger partial charge in [-0.3, -0.25) is 10.1 Å². The van der Waals surface area contributed by atoms with E-state index in [4.69, 9.17) is 5.73 Å². The second-order valence-electron chi connectivity index (χ2n) is 5.48. The third kappa shape index (κ3) is 3.07. The molecule has 1 aromatic rings. The van der Waals surface area contributed by atoms with Crippen LogP contribution in [-0.2, 0) is 10.0 Å². The average molecular weight is 313 g/mol. The first-order valence-corrected chi connectivity index (χ1v) is 8.28. The number of nitrogens with zero attached hydrogens (tertiary/aromatic N) is 1. The molecule has 0 bridgehead atoms. The van der Waals surface area contributed by atoms with E-state index >= 15 is 0 Å². The molecule has 0 aromatic heterocycles. The number of aryl methyl sites for hydroxylation is 1. The van der Waals surface area contributed by atoms with Crippen LogP contribution in [0.1, 0.15) is 31.2 Å². The Kier molecular flexibility index (Phi) is 4.31. The van der Waals surface area contributed by atoms with Crippen molar-refractivity contribution in [3.63, 3.8) is 0 Å². The second-order valence-corrected chi connectivity index (χ2v) is 7.10. The molecule has 3 N–H and O–H groups in total. The lowest BCUT2D eigenvalue weighted by Crippen LogP contribution is -2.51. The summed E-state index contributed by atoms with van der Waals surface area (Å²) in [5.41, 5.74) is 4.98. The Morgan fingerprint density at radius 1 is 1.38 bits per heavy atom. The van der Waals surface area contributed by atoms with Crippen LogP contribution in [0, 0.1) is 17.0 Å². The Hall–Kier alpha value is -1.51. The second kappa shape index (κ2) is 5.70. The highest BCUT2D eigenvalue weighted by Gasteiger charge is 2.39. The van der Waals surface area contributed by atoms with E-state index in [0.717, 1.165) is 12.8 Å². The third-order valence-corrected chi connectivity index (χ3v) is 5.73. The fourth-order valence-electron chi connectivity index (χ4n) is 2.87. The van der Waals surface area contributed by atoms with E-state index in [9.17, 15) is 18.5 Å². The lowest BCUT2D eigenvalue weighted by molar-refractivity contribution is -0.387. The molecule has 8 heteroatoms. The number of nitrogens with one attached hydrogen (secondary N) is 1. The molecular weight excluding hydrogens is 294 g/mol. The van der Waals surface area contributed by atoms with Crippen molar-refractivity contribution in [2.24, 2.45) is 5.73 Å². The van der Waals surface area contributed by atoms with Gasteiger partial charge in [0.15, 0.2) is 4.90 Å². The van der Waals surface area contributed by atoms with Crippen molar-refractivity contribution in [2.75, 3.05) is 6.54 Å². The molecule has 1 aliphatic rings. The Labute approximate surface area is 123 Å². The van der Waals surface area contributed by atoms with Crippen molar-refractivity contribution in [3.8, 4) is 0 Å². The van der Waals surface area contributed by atoms with Crippen LogP contribution in [0.25, 0.3) is 0 Å². The minimum absolute atomic E-state index is 0.186. The summed E-state index contributed by atoms with van der Waals surface area (Å²) in [4.78, 5) is 10.2. The van der Waals surface area contributed by atoms with Crippen LogP contribution in [0.5, 0.6) is 0 Å². The number of hydrogen-bond donors (Lipinski definition) is 2. The largest absolute Gasteiger partial charge is 0.329 e. The van der Waals surface area contributed by atoms with E-state index in [2.05, 4.69) is 4.72 Å². The van der Waals surface area contributed by atoms with Gasteiger partial charge in [-0.1, -0.05) is 25.0 Å². The van der Waals surface area contributed by atoms with Gasteiger partial charge in [0.2, 0.25) is 10.0 Å². The zero-order valence-corrected chi connectivity index (χ0v) is 12.6.